The smallest absolute Gasteiger partial charge is 0.317 e. The summed E-state index contributed by atoms with van der Waals surface area (Å²) in [7, 11) is 0. The van der Waals surface area contributed by atoms with Crippen molar-refractivity contribution in [3.63, 3.8) is 0 Å². The Balaban J connectivity index is 1.40. The lowest BCUT2D eigenvalue weighted by atomic mass is 9.81. The molecule has 1 aromatic carbocycles. The first-order chi connectivity index (χ1) is 12.0. The number of fused-ring (bicyclic) bond motifs is 1. The number of nitrogens with zero attached hydrogens (tertiary/aromatic N) is 1. The van der Waals surface area contributed by atoms with Crippen LogP contribution in [0.15, 0.2) is 24.3 Å². The van der Waals surface area contributed by atoms with E-state index < -0.39 is 5.97 Å². The second-order valence-corrected chi connectivity index (χ2v) is 7.43. The number of amides is 1. The second-order valence-electron chi connectivity index (χ2n) is 7.43. The molecular weight excluding hydrogens is 316 g/mol. The molecule has 136 valence electrons. The van der Waals surface area contributed by atoms with Gasteiger partial charge >= 0.3 is 5.97 Å². The molecule has 1 aromatic rings. The maximum absolute atomic E-state index is 12.3. The molecule has 0 spiro atoms. The quantitative estimate of drug-likeness (QED) is 0.796. The largest absolute Gasteiger partial charge is 0.480 e. The summed E-state index contributed by atoms with van der Waals surface area (Å²) in [6.07, 6.45) is 5.47. The number of likely N-dealkylation sites (N-methyl/N-ethyl adjacent to an activating group) is 1. The van der Waals surface area contributed by atoms with Gasteiger partial charge in [-0.25, -0.2) is 0 Å². The molecule has 25 heavy (non-hydrogen) atoms. The first-order valence-corrected chi connectivity index (χ1v) is 9.37. The third kappa shape index (κ3) is 4.60. The molecule has 5 heteroatoms. The number of carbonyl (C=O) groups is 2. The van der Waals surface area contributed by atoms with Crippen molar-refractivity contribution < 1.29 is 14.7 Å². The van der Waals surface area contributed by atoms with E-state index in [-0.39, 0.29) is 24.5 Å². The molecule has 0 radical (unpaired) electrons. The van der Waals surface area contributed by atoms with Crippen molar-refractivity contribution in [3.8, 4) is 0 Å². The lowest BCUT2D eigenvalue weighted by molar-refractivity contribution is -0.139. The van der Waals surface area contributed by atoms with E-state index in [1.807, 2.05) is 11.8 Å². The summed E-state index contributed by atoms with van der Waals surface area (Å²) in [5, 5.41) is 12.1. The standard InChI is InChI=1S/C20H28N2O3/c1-2-22(13-20(24)25)18-11-17(12-18)21-19(23)10-14-7-8-15-5-3-4-6-16(15)9-14/h3-6,14,17-18H,2,7-13H2,1H3,(H,21,23)(H,24,25). The highest BCUT2D eigenvalue weighted by atomic mass is 16.4. The van der Waals surface area contributed by atoms with Crippen LogP contribution in [0, 0.1) is 5.92 Å². The molecule has 0 heterocycles. The van der Waals surface area contributed by atoms with Crippen LogP contribution in [0.25, 0.3) is 0 Å². The highest BCUT2D eigenvalue weighted by molar-refractivity contribution is 5.76. The van der Waals surface area contributed by atoms with Gasteiger partial charge in [-0.2, -0.15) is 0 Å². The number of rotatable bonds is 7. The van der Waals surface area contributed by atoms with E-state index in [1.165, 1.54) is 11.1 Å². The van der Waals surface area contributed by atoms with Crippen molar-refractivity contribution in [1.82, 2.24) is 10.2 Å². The van der Waals surface area contributed by atoms with Crippen LogP contribution in [-0.2, 0) is 22.4 Å². The summed E-state index contributed by atoms with van der Waals surface area (Å²) in [5.74, 6) is -0.203. The molecule has 5 nitrogen and oxygen atoms in total. The Morgan fingerprint density at radius 1 is 1.24 bits per heavy atom. The molecule has 2 aliphatic carbocycles. The highest BCUT2D eigenvalue weighted by Gasteiger charge is 2.35. The first-order valence-electron chi connectivity index (χ1n) is 9.37. The number of carboxylic acid groups (broad SMARTS) is 1. The topological polar surface area (TPSA) is 69.6 Å². The number of aliphatic carboxylic acids is 1. The van der Waals surface area contributed by atoms with Crippen molar-refractivity contribution in [2.24, 2.45) is 5.92 Å². The van der Waals surface area contributed by atoms with E-state index in [0.29, 0.717) is 12.3 Å². The van der Waals surface area contributed by atoms with Crippen molar-refractivity contribution in [3.05, 3.63) is 35.4 Å². The minimum atomic E-state index is -0.785. The van der Waals surface area contributed by atoms with Crippen LogP contribution in [-0.4, -0.2) is 47.1 Å². The van der Waals surface area contributed by atoms with E-state index in [2.05, 4.69) is 29.6 Å². The van der Waals surface area contributed by atoms with Gasteiger partial charge in [0, 0.05) is 18.5 Å². The fraction of sp³-hybridized carbons (Fsp3) is 0.600. The molecule has 3 rings (SSSR count). The van der Waals surface area contributed by atoms with Gasteiger partial charge in [0.05, 0.1) is 6.54 Å². The van der Waals surface area contributed by atoms with E-state index in [4.69, 9.17) is 5.11 Å². The zero-order valence-corrected chi connectivity index (χ0v) is 14.9. The maximum atomic E-state index is 12.3. The number of hydrogen-bond donors (Lipinski definition) is 2. The van der Waals surface area contributed by atoms with Gasteiger partial charge in [0.1, 0.15) is 0 Å². The Hall–Kier alpha value is -1.88. The summed E-state index contributed by atoms with van der Waals surface area (Å²) < 4.78 is 0. The van der Waals surface area contributed by atoms with Crippen LogP contribution < -0.4 is 5.32 Å². The summed E-state index contributed by atoms with van der Waals surface area (Å²) in [5.41, 5.74) is 2.82. The molecule has 0 bridgehead atoms. The lowest BCUT2D eigenvalue weighted by Crippen LogP contribution is -2.55. The number of aryl methyl sites for hydroxylation is 1. The Labute approximate surface area is 149 Å². The van der Waals surface area contributed by atoms with Gasteiger partial charge in [-0.3, -0.25) is 14.5 Å². The zero-order valence-electron chi connectivity index (χ0n) is 14.9. The lowest BCUT2D eigenvalue weighted by Gasteiger charge is -2.42. The van der Waals surface area contributed by atoms with Gasteiger partial charge < -0.3 is 10.4 Å². The SMILES string of the molecule is CCN(CC(=O)O)C1CC(NC(=O)CC2CCc3ccccc3C2)C1. The fourth-order valence-corrected chi connectivity index (χ4v) is 4.17. The van der Waals surface area contributed by atoms with Crippen molar-refractivity contribution in [1.29, 1.82) is 0 Å². The minimum Gasteiger partial charge on any atom is -0.480 e. The first kappa shape index (κ1) is 17.9. The normalized spacial score (nSPS) is 25.1. The van der Waals surface area contributed by atoms with Gasteiger partial charge in [0.25, 0.3) is 0 Å². The Bertz CT molecular complexity index is 625. The molecule has 0 aromatic heterocycles. The van der Waals surface area contributed by atoms with Crippen molar-refractivity contribution in [2.45, 2.75) is 57.5 Å². The van der Waals surface area contributed by atoms with E-state index >= 15 is 0 Å². The van der Waals surface area contributed by atoms with Gasteiger partial charge in [0.2, 0.25) is 5.91 Å². The van der Waals surface area contributed by atoms with Crippen molar-refractivity contribution in [2.75, 3.05) is 13.1 Å². The van der Waals surface area contributed by atoms with E-state index in [1.54, 1.807) is 0 Å². The Morgan fingerprint density at radius 2 is 1.96 bits per heavy atom. The summed E-state index contributed by atoms with van der Waals surface area (Å²) in [4.78, 5) is 25.2. The molecule has 2 aliphatic rings. The third-order valence-corrected chi connectivity index (χ3v) is 5.66. The summed E-state index contributed by atoms with van der Waals surface area (Å²) in [6.45, 7) is 2.80. The minimum absolute atomic E-state index is 0.0866. The predicted molar refractivity (Wildman–Crippen MR) is 96.4 cm³/mol. The molecule has 1 atom stereocenters. The monoisotopic (exact) mass is 344 g/mol. The Morgan fingerprint density at radius 3 is 2.64 bits per heavy atom. The highest BCUT2D eigenvalue weighted by Crippen LogP contribution is 2.29. The number of carboxylic acids is 1. The van der Waals surface area contributed by atoms with Gasteiger partial charge in [0.15, 0.2) is 0 Å². The Kier molecular flexibility index (Phi) is 5.74. The van der Waals surface area contributed by atoms with Crippen molar-refractivity contribution >= 4 is 11.9 Å². The van der Waals surface area contributed by atoms with Gasteiger partial charge in [-0.15, -0.1) is 0 Å². The third-order valence-electron chi connectivity index (χ3n) is 5.66. The predicted octanol–water partition coefficient (Wildman–Crippen LogP) is 2.24. The average Bonchev–Trinajstić information content (AvgIpc) is 2.55. The zero-order chi connectivity index (χ0) is 17.8. The number of hydrogen-bond acceptors (Lipinski definition) is 3. The van der Waals surface area contributed by atoms with Gasteiger partial charge in [-0.1, -0.05) is 31.2 Å². The number of nitrogens with one attached hydrogen (secondary N) is 1. The van der Waals surface area contributed by atoms with E-state index in [0.717, 1.165) is 38.6 Å². The van der Waals surface area contributed by atoms with E-state index in [9.17, 15) is 9.59 Å². The summed E-state index contributed by atoms with van der Waals surface area (Å²) in [6, 6.07) is 9.02. The molecule has 2 N–H and O–H groups in total. The molecule has 1 amide bonds. The average molecular weight is 344 g/mol. The van der Waals surface area contributed by atoms with Crippen LogP contribution in [0.3, 0.4) is 0 Å². The van der Waals surface area contributed by atoms with Crippen LogP contribution >= 0.6 is 0 Å². The molecule has 1 unspecified atom stereocenters. The summed E-state index contributed by atoms with van der Waals surface area (Å²) >= 11 is 0. The molecule has 0 saturated heterocycles. The van der Waals surface area contributed by atoms with Crippen LogP contribution in [0.5, 0.6) is 0 Å². The second kappa shape index (κ2) is 8.00. The van der Waals surface area contributed by atoms with Crippen LogP contribution in [0.2, 0.25) is 0 Å². The number of benzene rings is 1. The molecule has 1 saturated carbocycles. The van der Waals surface area contributed by atoms with Crippen LogP contribution in [0.4, 0.5) is 0 Å². The maximum Gasteiger partial charge on any atom is 0.317 e. The fourth-order valence-electron chi connectivity index (χ4n) is 4.17. The number of carbonyl (C=O) groups excluding carboxylic acids is 1. The van der Waals surface area contributed by atoms with Gasteiger partial charge in [-0.05, 0) is 55.7 Å². The molecule has 0 aliphatic heterocycles. The molecular formula is C20H28N2O3. The van der Waals surface area contributed by atoms with Crippen LogP contribution in [0.1, 0.15) is 43.7 Å². The molecule has 1 fully saturated rings.